The molecule has 0 radical (unpaired) electrons. The highest BCUT2D eigenvalue weighted by molar-refractivity contribution is 7.47. The first-order valence-electron chi connectivity index (χ1n) is 23.1. The lowest BCUT2D eigenvalue weighted by Gasteiger charge is -2.20. The van der Waals surface area contributed by atoms with E-state index in [9.17, 15) is 29.3 Å². The molecular formula is C45H87O10P. The van der Waals surface area contributed by atoms with Crippen molar-refractivity contribution in [3.8, 4) is 0 Å². The molecule has 0 rings (SSSR count). The molecule has 0 aromatic heterocycles. The number of unbranched alkanes of at least 4 members (excludes halogenated alkanes) is 28. The second-order valence-corrected chi connectivity index (χ2v) is 17.2. The molecule has 0 amide bonds. The molecule has 0 bridgehead atoms. The summed E-state index contributed by atoms with van der Waals surface area (Å²) in [5.41, 5.74) is 0. The molecule has 11 heteroatoms. The number of ether oxygens (including phenoxy) is 2. The average Bonchev–Trinajstić information content (AvgIpc) is 3.19. The fraction of sp³-hybridized carbons (Fsp3) is 0.911. The van der Waals surface area contributed by atoms with Gasteiger partial charge in [0, 0.05) is 12.8 Å². The number of phosphoric acid groups is 1. The summed E-state index contributed by atoms with van der Waals surface area (Å²) in [6.45, 7) is 2.16. The van der Waals surface area contributed by atoms with Crippen LogP contribution in [-0.4, -0.2) is 65.7 Å². The lowest BCUT2D eigenvalue weighted by molar-refractivity contribution is -0.153. The van der Waals surface area contributed by atoms with Crippen molar-refractivity contribution in [1.29, 1.82) is 0 Å². The number of carbonyl (C=O) groups excluding carboxylic acids is 2. The Hall–Kier alpha value is -1.29. The van der Waals surface area contributed by atoms with Gasteiger partial charge in [-0.05, 0) is 32.1 Å². The maximum absolute atomic E-state index is 12.3. The number of hydrogen-bond donors (Lipinski definition) is 3. The molecular weight excluding hydrogens is 731 g/mol. The molecule has 10 nitrogen and oxygen atoms in total. The van der Waals surface area contributed by atoms with Crippen molar-refractivity contribution < 1.29 is 47.8 Å². The quantitative estimate of drug-likeness (QED) is 0.0235. The maximum Gasteiger partial charge on any atom is 0.472 e. The van der Waals surface area contributed by atoms with Crippen LogP contribution in [0.3, 0.4) is 0 Å². The standard InChI is InChI=1S/C45H87O10P/c1-3-5-7-9-11-13-15-16-17-18-19-20-21-22-23-24-25-26-27-29-31-33-35-37-45(49)55-43(39-47)41-53-56(50,51)52-40-42(38-46)54-44(48)36-34-32-30-28-14-12-10-8-6-4-2/h8,10,42-43,46-47H,3-7,9,11-41H2,1-2H3,(H,50,51)/b10-8-. The number of allylic oxidation sites excluding steroid dienone is 2. The Morgan fingerprint density at radius 3 is 1.09 bits per heavy atom. The number of rotatable bonds is 44. The third kappa shape index (κ3) is 39.5. The molecule has 56 heavy (non-hydrogen) atoms. The molecule has 0 aromatic rings. The smallest absolute Gasteiger partial charge is 0.457 e. The summed E-state index contributed by atoms with van der Waals surface area (Å²) in [5.74, 6) is -1.02. The molecule has 0 aromatic carbocycles. The number of aliphatic hydroxyl groups excluding tert-OH is 2. The van der Waals surface area contributed by atoms with Gasteiger partial charge in [-0.25, -0.2) is 4.57 Å². The Labute approximate surface area is 343 Å². The van der Waals surface area contributed by atoms with Gasteiger partial charge in [0.05, 0.1) is 26.4 Å². The molecule has 3 atom stereocenters. The maximum atomic E-state index is 12.3. The predicted molar refractivity (Wildman–Crippen MR) is 229 cm³/mol. The summed E-state index contributed by atoms with van der Waals surface area (Å²) >= 11 is 0. The van der Waals surface area contributed by atoms with Gasteiger partial charge in [-0.2, -0.15) is 0 Å². The number of phosphoric ester groups is 1. The molecule has 0 spiro atoms. The van der Waals surface area contributed by atoms with Gasteiger partial charge in [0.2, 0.25) is 0 Å². The number of aliphatic hydroxyl groups is 2. The van der Waals surface area contributed by atoms with Gasteiger partial charge < -0.3 is 24.6 Å². The first-order chi connectivity index (χ1) is 27.3. The summed E-state index contributed by atoms with van der Waals surface area (Å²) in [7, 11) is -4.63. The molecule has 0 saturated heterocycles. The van der Waals surface area contributed by atoms with E-state index in [0.29, 0.717) is 12.8 Å². The summed E-state index contributed by atoms with van der Waals surface area (Å²) < 4.78 is 32.5. The van der Waals surface area contributed by atoms with Gasteiger partial charge in [-0.1, -0.05) is 193 Å². The van der Waals surface area contributed by atoms with Crippen molar-refractivity contribution in [2.75, 3.05) is 26.4 Å². The second-order valence-electron chi connectivity index (χ2n) is 15.7. The van der Waals surface area contributed by atoms with E-state index in [1.165, 1.54) is 122 Å². The lowest BCUT2D eigenvalue weighted by Crippen LogP contribution is -2.28. The van der Waals surface area contributed by atoms with Crippen LogP contribution in [0.5, 0.6) is 0 Å². The Balaban J connectivity index is 3.78. The largest absolute Gasteiger partial charge is 0.472 e. The lowest BCUT2D eigenvalue weighted by atomic mass is 10.0. The first-order valence-corrected chi connectivity index (χ1v) is 24.6. The third-order valence-corrected chi connectivity index (χ3v) is 11.2. The molecule has 0 fully saturated rings. The highest BCUT2D eigenvalue weighted by Gasteiger charge is 2.27. The second kappa shape index (κ2) is 41.9. The highest BCUT2D eigenvalue weighted by atomic mass is 31.2. The molecule has 0 aliphatic carbocycles. The zero-order valence-electron chi connectivity index (χ0n) is 36.1. The van der Waals surface area contributed by atoms with Crippen LogP contribution in [0.2, 0.25) is 0 Å². The van der Waals surface area contributed by atoms with Crippen LogP contribution in [0, 0.1) is 0 Å². The van der Waals surface area contributed by atoms with E-state index in [0.717, 1.165) is 64.2 Å². The number of carbonyl (C=O) groups is 2. The van der Waals surface area contributed by atoms with Gasteiger partial charge >= 0.3 is 19.8 Å². The Kier molecular flexibility index (Phi) is 40.9. The Morgan fingerprint density at radius 1 is 0.464 bits per heavy atom. The van der Waals surface area contributed by atoms with Crippen LogP contribution in [0.25, 0.3) is 0 Å². The Bertz CT molecular complexity index is 946. The van der Waals surface area contributed by atoms with Crippen molar-refractivity contribution >= 4 is 19.8 Å². The fourth-order valence-electron chi connectivity index (χ4n) is 6.65. The minimum Gasteiger partial charge on any atom is -0.457 e. The SMILES string of the molecule is CCC/C=C\CCCCCCCC(=O)OC(CO)COP(=O)(O)OCC(CO)OC(=O)CCCCCCCCCCCCCCCCCCCCCCCCC. The van der Waals surface area contributed by atoms with Crippen LogP contribution < -0.4 is 0 Å². The molecule has 0 saturated carbocycles. The molecule has 3 unspecified atom stereocenters. The number of hydrogen-bond acceptors (Lipinski definition) is 9. The molecule has 0 aliphatic rings. The van der Waals surface area contributed by atoms with Gasteiger partial charge in [0.25, 0.3) is 0 Å². The van der Waals surface area contributed by atoms with Crippen molar-refractivity contribution in [1.82, 2.24) is 0 Å². The minimum atomic E-state index is -4.63. The minimum absolute atomic E-state index is 0.184. The zero-order chi connectivity index (χ0) is 41.2. The van der Waals surface area contributed by atoms with Gasteiger partial charge in [-0.15, -0.1) is 0 Å². The van der Waals surface area contributed by atoms with E-state index in [1.807, 2.05) is 0 Å². The van der Waals surface area contributed by atoms with Gasteiger partial charge in [-0.3, -0.25) is 18.6 Å². The molecule has 3 N–H and O–H groups in total. The van der Waals surface area contributed by atoms with Crippen molar-refractivity contribution in [3.63, 3.8) is 0 Å². The van der Waals surface area contributed by atoms with E-state index in [1.54, 1.807) is 0 Å². The zero-order valence-corrected chi connectivity index (χ0v) is 37.0. The van der Waals surface area contributed by atoms with E-state index in [4.69, 9.17) is 18.5 Å². The van der Waals surface area contributed by atoms with Crippen LogP contribution in [0.1, 0.15) is 226 Å². The van der Waals surface area contributed by atoms with E-state index in [2.05, 4.69) is 26.0 Å². The van der Waals surface area contributed by atoms with E-state index >= 15 is 0 Å². The van der Waals surface area contributed by atoms with Crippen LogP contribution in [-0.2, 0) is 32.7 Å². The predicted octanol–water partition coefficient (Wildman–Crippen LogP) is 12.4. The number of esters is 2. The first kappa shape index (κ1) is 54.7. The third-order valence-electron chi connectivity index (χ3n) is 10.2. The van der Waals surface area contributed by atoms with Crippen LogP contribution >= 0.6 is 7.82 Å². The monoisotopic (exact) mass is 819 g/mol. The summed E-state index contributed by atoms with van der Waals surface area (Å²) in [6, 6.07) is 0. The van der Waals surface area contributed by atoms with Crippen LogP contribution in [0.4, 0.5) is 0 Å². The van der Waals surface area contributed by atoms with Gasteiger partial charge in [0.1, 0.15) is 12.2 Å². The fourth-order valence-corrected chi connectivity index (χ4v) is 7.43. The van der Waals surface area contributed by atoms with E-state index in [-0.39, 0.29) is 12.8 Å². The normalized spacial score (nSPS) is 13.9. The molecule has 0 aliphatic heterocycles. The summed E-state index contributed by atoms with van der Waals surface area (Å²) in [5, 5.41) is 19.1. The summed E-state index contributed by atoms with van der Waals surface area (Å²) in [4.78, 5) is 34.5. The van der Waals surface area contributed by atoms with Crippen molar-refractivity contribution in [3.05, 3.63) is 12.2 Å². The van der Waals surface area contributed by atoms with Gasteiger partial charge in [0.15, 0.2) is 0 Å². The molecule has 0 heterocycles. The average molecular weight is 819 g/mol. The van der Waals surface area contributed by atoms with E-state index < -0.39 is 58.4 Å². The van der Waals surface area contributed by atoms with Crippen LogP contribution in [0.15, 0.2) is 12.2 Å². The molecule has 332 valence electrons. The topological polar surface area (TPSA) is 149 Å². The Morgan fingerprint density at radius 2 is 0.768 bits per heavy atom. The van der Waals surface area contributed by atoms with Crippen molar-refractivity contribution in [2.24, 2.45) is 0 Å². The highest BCUT2D eigenvalue weighted by Crippen LogP contribution is 2.43. The summed E-state index contributed by atoms with van der Waals surface area (Å²) in [6.07, 6.45) is 40.7. The van der Waals surface area contributed by atoms with Crippen molar-refractivity contribution in [2.45, 2.75) is 238 Å².